The Labute approximate surface area is 180 Å². The largest absolute Gasteiger partial charge is 0.495 e. The number of anilines is 1. The van der Waals surface area contributed by atoms with Crippen molar-refractivity contribution in [2.75, 3.05) is 37.6 Å². The minimum atomic E-state index is -0.335. The van der Waals surface area contributed by atoms with Crippen LogP contribution in [0.25, 0.3) is 0 Å². The summed E-state index contributed by atoms with van der Waals surface area (Å²) in [7, 11) is 3.04. The van der Waals surface area contributed by atoms with Crippen molar-refractivity contribution in [2.24, 2.45) is 0 Å². The summed E-state index contributed by atoms with van der Waals surface area (Å²) in [6, 6.07) is 12.3. The van der Waals surface area contributed by atoms with Gasteiger partial charge in [0.2, 0.25) is 0 Å². The number of methoxy groups -OCH3 is 2. The SMILES string of the molecule is COc1ccccc1NC(=O)COc1ccc(C(=O)NC2CCSCC2)cc1OC. The van der Waals surface area contributed by atoms with Crippen LogP contribution in [0.3, 0.4) is 0 Å². The zero-order chi connectivity index (χ0) is 21.3. The fourth-order valence-corrected chi connectivity index (χ4v) is 4.22. The van der Waals surface area contributed by atoms with Crippen LogP contribution in [0.15, 0.2) is 42.5 Å². The molecule has 0 spiro atoms. The smallest absolute Gasteiger partial charge is 0.262 e. The number of ether oxygens (including phenoxy) is 3. The van der Waals surface area contributed by atoms with Gasteiger partial charge in [-0.15, -0.1) is 0 Å². The Morgan fingerprint density at radius 3 is 2.47 bits per heavy atom. The van der Waals surface area contributed by atoms with Crippen molar-refractivity contribution in [1.82, 2.24) is 5.32 Å². The standard InChI is InChI=1S/C22H26N2O5S/c1-27-18-6-4-3-5-17(18)24-21(25)14-29-19-8-7-15(13-20(19)28-2)22(26)23-16-9-11-30-12-10-16/h3-8,13,16H,9-12,14H2,1-2H3,(H,23,26)(H,24,25). The molecule has 30 heavy (non-hydrogen) atoms. The van der Waals surface area contributed by atoms with Crippen molar-refractivity contribution in [2.45, 2.75) is 18.9 Å². The third-order valence-electron chi connectivity index (χ3n) is 4.72. The molecule has 0 radical (unpaired) electrons. The van der Waals surface area contributed by atoms with Crippen LogP contribution in [0.1, 0.15) is 23.2 Å². The first-order chi connectivity index (χ1) is 14.6. The zero-order valence-electron chi connectivity index (χ0n) is 17.1. The fourth-order valence-electron chi connectivity index (χ4n) is 3.12. The number of carbonyl (C=O) groups is 2. The van der Waals surface area contributed by atoms with Gasteiger partial charge < -0.3 is 24.8 Å². The van der Waals surface area contributed by atoms with Crippen molar-refractivity contribution in [3.63, 3.8) is 0 Å². The Hall–Kier alpha value is -2.87. The lowest BCUT2D eigenvalue weighted by Crippen LogP contribution is -2.37. The van der Waals surface area contributed by atoms with Crippen molar-refractivity contribution >= 4 is 29.3 Å². The molecular weight excluding hydrogens is 404 g/mol. The van der Waals surface area contributed by atoms with Gasteiger partial charge in [-0.2, -0.15) is 11.8 Å². The van der Waals surface area contributed by atoms with Gasteiger partial charge >= 0.3 is 0 Å². The Balaban J connectivity index is 1.59. The van der Waals surface area contributed by atoms with Gasteiger partial charge in [0.15, 0.2) is 18.1 Å². The van der Waals surface area contributed by atoms with Crippen LogP contribution >= 0.6 is 11.8 Å². The highest BCUT2D eigenvalue weighted by Crippen LogP contribution is 2.29. The van der Waals surface area contributed by atoms with E-state index in [1.54, 1.807) is 36.4 Å². The molecule has 8 heteroatoms. The highest BCUT2D eigenvalue weighted by atomic mass is 32.2. The predicted octanol–water partition coefficient (Wildman–Crippen LogP) is 3.35. The van der Waals surface area contributed by atoms with Crippen molar-refractivity contribution in [1.29, 1.82) is 0 Å². The van der Waals surface area contributed by atoms with Crippen molar-refractivity contribution in [3.05, 3.63) is 48.0 Å². The number of carbonyl (C=O) groups excluding carboxylic acids is 2. The summed E-state index contributed by atoms with van der Waals surface area (Å²) >= 11 is 1.91. The normalized spacial score (nSPS) is 13.9. The second kappa shape index (κ2) is 10.8. The van der Waals surface area contributed by atoms with Crippen LogP contribution in [0.2, 0.25) is 0 Å². The van der Waals surface area contributed by atoms with Crippen molar-refractivity contribution in [3.8, 4) is 17.2 Å². The topological polar surface area (TPSA) is 85.9 Å². The number of nitrogens with one attached hydrogen (secondary N) is 2. The van der Waals surface area contributed by atoms with E-state index in [0.29, 0.717) is 28.5 Å². The maximum absolute atomic E-state index is 12.5. The third kappa shape index (κ3) is 5.82. The molecule has 1 aliphatic heterocycles. The molecule has 3 rings (SSSR count). The Morgan fingerprint density at radius 2 is 1.73 bits per heavy atom. The van der Waals surface area contributed by atoms with Crippen molar-refractivity contribution < 1.29 is 23.8 Å². The van der Waals surface area contributed by atoms with Gasteiger partial charge in [-0.1, -0.05) is 12.1 Å². The molecule has 1 aliphatic rings. The second-order valence-corrected chi connectivity index (χ2v) is 7.99. The summed E-state index contributed by atoms with van der Waals surface area (Å²) in [5.74, 6) is 3.01. The van der Waals surface area contributed by atoms with Gasteiger partial charge in [-0.25, -0.2) is 0 Å². The third-order valence-corrected chi connectivity index (χ3v) is 5.77. The first-order valence-electron chi connectivity index (χ1n) is 9.73. The molecule has 160 valence electrons. The van der Waals surface area contributed by atoms with E-state index in [9.17, 15) is 9.59 Å². The molecular formula is C22H26N2O5S. The monoisotopic (exact) mass is 430 g/mol. The molecule has 0 bridgehead atoms. The number of amides is 2. The Kier molecular flexibility index (Phi) is 7.84. The second-order valence-electron chi connectivity index (χ2n) is 6.76. The van der Waals surface area contributed by atoms with E-state index < -0.39 is 0 Å². The minimum absolute atomic E-state index is 0.134. The van der Waals surface area contributed by atoms with Crippen LogP contribution < -0.4 is 24.8 Å². The molecule has 0 atom stereocenters. The highest BCUT2D eigenvalue weighted by molar-refractivity contribution is 7.99. The molecule has 2 aromatic rings. The minimum Gasteiger partial charge on any atom is -0.495 e. The zero-order valence-corrected chi connectivity index (χ0v) is 17.9. The van der Waals surface area contributed by atoms with Crippen LogP contribution in [0, 0.1) is 0 Å². The maximum Gasteiger partial charge on any atom is 0.262 e. The van der Waals surface area contributed by atoms with Gasteiger partial charge in [0.25, 0.3) is 11.8 Å². The van der Waals surface area contributed by atoms with Gasteiger partial charge in [-0.05, 0) is 54.7 Å². The number of hydrogen-bond donors (Lipinski definition) is 2. The molecule has 0 unspecified atom stereocenters. The lowest BCUT2D eigenvalue weighted by atomic mass is 10.1. The van der Waals surface area contributed by atoms with Gasteiger partial charge in [0.1, 0.15) is 5.75 Å². The van der Waals surface area contributed by atoms with Crippen LogP contribution in [-0.4, -0.2) is 50.2 Å². The number of benzene rings is 2. The number of para-hydroxylation sites is 2. The molecule has 0 aromatic heterocycles. The summed E-state index contributed by atoms with van der Waals surface area (Å²) < 4.78 is 16.2. The van der Waals surface area contributed by atoms with E-state index in [1.165, 1.54) is 14.2 Å². The molecule has 2 amide bonds. The molecule has 1 fully saturated rings. The summed E-state index contributed by atoms with van der Waals surface area (Å²) in [5.41, 5.74) is 1.06. The number of hydrogen-bond acceptors (Lipinski definition) is 6. The van der Waals surface area contributed by atoms with Gasteiger partial charge in [0, 0.05) is 11.6 Å². The highest BCUT2D eigenvalue weighted by Gasteiger charge is 2.18. The molecule has 0 saturated carbocycles. The lowest BCUT2D eigenvalue weighted by molar-refractivity contribution is -0.118. The Morgan fingerprint density at radius 1 is 1.00 bits per heavy atom. The average Bonchev–Trinajstić information content (AvgIpc) is 2.78. The maximum atomic E-state index is 12.5. The lowest BCUT2D eigenvalue weighted by Gasteiger charge is -2.22. The summed E-state index contributed by atoms with van der Waals surface area (Å²) in [6.45, 7) is -0.209. The van der Waals surface area contributed by atoms with E-state index in [2.05, 4.69) is 10.6 Å². The van der Waals surface area contributed by atoms with Crippen LogP contribution in [0.5, 0.6) is 17.2 Å². The predicted molar refractivity (Wildman–Crippen MR) is 118 cm³/mol. The quantitative estimate of drug-likeness (QED) is 0.668. The van der Waals surface area contributed by atoms with Crippen LogP contribution in [0.4, 0.5) is 5.69 Å². The van der Waals surface area contributed by atoms with E-state index >= 15 is 0 Å². The van der Waals surface area contributed by atoms with E-state index in [4.69, 9.17) is 14.2 Å². The van der Waals surface area contributed by atoms with Gasteiger partial charge in [0.05, 0.1) is 19.9 Å². The van der Waals surface area contributed by atoms with E-state index in [1.807, 2.05) is 17.8 Å². The van der Waals surface area contributed by atoms with E-state index in [-0.39, 0.29) is 24.5 Å². The fraction of sp³-hybridized carbons (Fsp3) is 0.364. The number of thioether (sulfide) groups is 1. The van der Waals surface area contributed by atoms with E-state index in [0.717, 1.165) is 24.3 Å². The molecule has 0 aliphatic carbocycles. The molecule has 7 nitrogen and oxygen atoms in total. The Bertz CT molecular complexity index is 884. The molecule has 1 saturated heterocycles. The van der Waals surface area contributed by atoms with Gasteiger partial charge in [-0.3, -0.25) is 9.59 Å². The first-order valence-corrected chi connectivity index (χ1v) is 10.9. The molecule has 2 aromatic carbocycles. The average molecular weight is 431 g/mol. The first kappa shape index (κ1) is 21.8. The van der Waals surface area contributed by atoms with Crippen LogP contribution in [-0.2, 0) is 4.79 Å². The molecule has 2 N–H and O–H groups in total. The summed E-state index contributed by atoms with van der Waals surface area (Å²) in [5, 5.41) is 5.82. The number of rotatable bonds is 8. The summed E-state index contributed by atoms with van der Waals surface area (Å²) in [4.78, 5) is 24.8. The molecule has 1 heterocycles. The summed E-state index contributed by atoms with van der Waals surface area (Å²) in [6.07, 6.45) is 1.96.